The Bertz CT molecular complexity index is 699. The standard InChI is InChI=1S/C19H17NO2/c1-3-4-10-17(12-11-16-8-6-5-7-9-16)18(14-20)13-15(2)19(21)22/h3-13H,1H2,2H3,(H,21,22). The molecule has 0 heterocycles. The highest BCUT2D eigenvalue weighted by Crippen LogP contribution is 2.14. The van der Waals surface area contributed by atoms with Crippen molar-refractivity contribution >= 4 is 12.0 Å². The Hall–Kier alpha value is -3.12. The Morgan fingerprint density at radius 2 is 1.95 bits per heavy atom. The van der Waals surface area contributed by atoms with Crippen molar-refractivity contribution < 1.29 is 9.90 Å². The van der Waals surface area contributed by atoms with Crippen molar-refractivity contribution in [3.8, 4) is 6.07 Å². The summed E-state index contributed by atoms with van der Waals surface area (Å²) in [7, 11) is 0. The number of carboxylic acid groups (broad SMARTS) is 1. The predicted octanol–water partition coefficient (Wildman–Crippen LogP) is 4.29. The molecule has 1 rings (SSSR count). The molecule has 0 aliphatic rings. The molecule has 0 aliphatic heterocycles. The van der Waals surface area contributed by atoms with Crippen LogP contribution >= 0.6 is 0 Å². The first-order chi connectivity index (χ1) is 10.6. The highest BCUT2D eigenvalue weighted by Gasteiger charge is 2.04. The Balaban J connectivity index is 3.28. The molecule has 0 bridgehead atoms. The van der Waals surface area contributed by atoms with Crippen LogP contribution in [0.1, 0.15) is 12.5 Å². The van der Waals surface area contributed by atoms with E-state index in [9.17, 15) is 10.1 Å². The van der Waals surface area contributed by atoms with Crippen LogP contribution in [0.4, 0.5) is 0 Å². The molecule has 0 fully saturated rings. The van der Waals surface area contributed by atoms with E-state index in [0.717, 1.165) is 5.56 Å². The van der Waals surface area contributed by atoms with Gasteiger partial charge in [-0.1, -0.05) is 67.3 Å². The second kappa shape index (κ2) is 8.93. The summed E-state index contributed by atoms with van der Waals surface area (Å²) in [6.07, 6.45) is 10.0. The van der Waals surface area contributed by atoms with E-state index in [1.54, 1.807) is 24.3 Å². The molecule has 0 amide bonds. The Labute approximate surface area is 130 Å². The van der Waals surface area contributed by atoms with Crippen molar-refractivity contribution in [3.63, 3.8) is 0 Å². The fraction of sp³-hybridized carbons (Fsp3) is 0.0526. The van der Waals surface area contributed by atoms with Crippen LogP contribution in [-0.4, -0.2) is 11.1 Å². The summed E-state index contributed by atoms with van der Waals surface area (Å²) in [5.41, 5.74) is 1.99. The second-order valence-corrected chi connectivity index (χ2v) is 4.45. The molecule has 110 valence electrons. The third kappa shape index (κ3) is 5.48. The van der Waals surface area contributed by atoms with Crippen molar-refractivity contribution in [1.82, 2.24) is 0 Å². The van der Waals surface area contributed by atoms with Gasteiger partial charge in [0.05, 0.1) is 11.6 Å². The maximum Gasteiger partial charge on any atom is 0.331 e. The summed E-state index contributed by atoms with van der Waals surface area (Å²) < 4.78 is 0. The van der Waals surface area contributed by atoms with Gasteiger partial charge < -0.3 is 5.11 Å². The second-order valence-electron chi connectivity index (χ2n) is 4.45. The van der Waals surface area contributed by atoms with Gasteiger partial charge in [0, 0.05) is 5.57 Å². The van der Waals surface area contributed by atoms with Crippen LogP contribution in [0.25, 0.3) is 6.08 Å². The van der Waals surface area contributed by atoms with E-state index in [4.69, 9.17) is 5.11 Å². The van der Waals surface area contributed by atoms with E-state index in [0.29, 0.717) is 5.57 Å². The molecule has 22 heavy (non-hydrogen) atoms. The van der Waals surface area contributed by atoms with E-state index < -0.39 is 5.97 Å². The van der Waals surface area contributed by atoms with E-state index in [1.165, 1.54) is 13.0 Å². The van der Waals surface area contributed by atoms with Gasteiger partial charge in [0.1, 0.15) is 0 Å². The molecule has 0 unspecified atom stereocenters. The largest absolute Gasteiger partial charge is 0.478 e. The zero-order valence-electron chi connectivity index (χ0n) is 12.4. The lowest BCUT2D eigenvalue weighted by Gasteiger charge is -1.99. The summed E-state index contributed by atoms with van der Waals surface area (Å²) in [4.78, 5) is 10.9. The van der Waals surface area contributed by atoms with E-state index in [-0.39, 0.29) is 11.1 Å². The Morgan fingerprint density at radius 3 is 2.50 bits per heavy atom. The van der Waals surface area contributed by atoms with Gasteiger partial charge >= 0.3 is 5.97 Å². The molecule has 1 N–H and O–H groups in total. The summed E-state index contributed by atoms with van der Waals surface area (Å²) in [6.45, 7) is 5.05. The molecule has 1 aromatic rings. The first kappa shape index (κ1) is 16.9. The van der Waals surface area contributed by atoms with Crippen molar-refractivity contribution in [3.05, 3.63) is 89.6 Å². The SMILES string of the molecule is C=CC=CC(C=Cc1ccccc1)=C(C#N)C=C(C)C(=O)O. The zero-order chi connectivity index (χ0) is 16.4. The van der Waals surface area contributed by atoms with Gasteiger partial charge in [0.25, 0.3) is 0 Å². The summed E-state index contributed by atoms with van der Waals surface area (Å²) in [6, 6.07) is 11.7. The molecule has 3 nitrogen and oxygen atoms in total. The number of nitriles is 1. The number of allylic oxidation sites excluding steroid dienone is 7. The molecule has 0 atom stereocenters. The normalized spacial score (nSPS) is 13.0. The summed E-state index contributed by atoms with van der Waals surface area (Å²) in [5, 5.41) is 18.2. The van der Waals surface area contributed by atoms with Gasteiger partial charge in [-0.15, -0.1) is 0 Å². The highest BCUT2D eigenvalue weighted by atomic mass is 16.4. The van der Waals surface area contributed by atoms with Crippen LogP contribution in [0.15, 0.2) is 84.0 Å². The number of nitrogens with zero attached hydrogens (tertiary/aromatic N) is 1. The molecule has 0 radical (unpaired) electrons. The molecule has 0 aliphatic carbocycles. The molecular weight excluding hydrogens is 274 g/mol. The molecule has 0 saturated heterocycles. The van der Waals surface area contributed by atoms with Crippen molar-refractivity contribution in [2.24, 2.45) is 0 Å². The maximum atomic E-state index is 10.9. The monoisotopic (exact) mass is 291 g/mol. The van der Waals surface area contributed by atoms with E-state index in [2.05, 4.69) is 6.58 Å². The first-order valence-corrected chi connectivity index (χ1v) is 6.66. The van der Waals surface area contributed by atoms with Crippen LogP contribution in [0.5, 0.6) is 0 Å². The molecule has 0 aromatic heterocycles. The Kier molecular flexibility index (Phi) is 6.88. The maximum absolute atomic E-state index is 10.9. The lowest BCUT2D eigenvalue weighted by molar-refractivity contribution is -0.132. The van der Waals surface area contributed by atoms with Gasteiger partial charge in [-0.3, -0.25) is 0 Å². The van der Waals surface area contributed by atoms with Gasteiger partial charge in [-0.2, -0.15) is 5.26 Å². The number of carbonyl (C=O) groups is 1. The van der Waals surface area contributed by atoms with Gasteiger partial charge in [-0.05, 0) is 24.1 Å². The Morgan fingerprint density at radius 1 is 1.27 bits per heavy atom. The smallest absolute Gasteiger partial charge is 0.331 e. The highest BCUT2D eigenvalue weighted by molar-refractivity contribution is 5.87. The number of carboxylic acids is 1. The molecule has 0 spiro atoms. The average Bonchev–Trinajstić information content (AvgIpc) is 2.53. The minimum absolute atomic E-state index is 0.106. The average molecular weight is 291 g/mol. The molecule has 1 aromatic carbocycles. The van der Waals surface area contributed by atoms with Crippen molar-refractivity contribution in [2.45, 2.75) is 6.92 Å². The van der Waals surface area contributed by atoms with Crippen LogP contribution in [0.3, 0.4) is 0 Å². The molecular formula is C19H17NO2. The third-order valence-corrected chi connectivity index (χ3v) is 2.80. The summed E-state index contributed by atoms with van der Waals surface area (Å²) >= 11 is 0. The van der Waals surface area contributed by atoms with Gasteiger partial charge in [0.2, 0.25) is 0 Å². The van der Waals surface area contributed by atoms with E-state index in [1.807, 2.05) is 42.5 Å². The van der Waals surface area contributed by atoms with Crippen molar-refractivity contribution in [2.75, 3.05) is 0 Å². The fourth-order valence-electron chi connectivity index (χ4n) is 1.62. The van der Waals surface area contributed by atoms with Crippen LogP contribution in [0, 0.1) is 11.3 Å². The minimum atomic E-state index is -1.05. The lowest BCUT2D eigenvalue weighted by atomic mass is 10.0. The quantitative estimate of drug-likeness (QED) is 0.483. The lowest BCUT2D eigenvalue weighted by Crippen LogP contribution is -1.97. The van der Waals surface area contributed by atoms with Crippen LogP contribution in [0.2, 0.25) is 0 Å². The number of hydrogen-bond acceptors (Lipinski definition) is 2. The summed E-state index contributed by atoms with van der Waals surface area (Å²) in [5.74, 6) is -1.05. The van der Waals surface area contributed by atoms with Crippen LogP contribution in [-0.2, 0) is 4.79 Å². The number of rotatable bonds is 6. The van der Waals surface area contributed by atoms with Crippen molar-refractivity contribution in [1.29, 1.82) is 5.26 Å². The first-order valence-electron chi connectivity index (χ1n) is 6.66. The van der Waals surface area contributed by atoms with E-state index >= 15 is 0 Å². The molecule has 0 saturated carbocycles. The van der Waals surface area contributed by atoms with Gasteiger partial charge in [-0.25, -0.2) is 4.79 Å². The third-order valence-electron chi connectivity index (χ3n) is 2.80. The van der Waals surface area contributed by atoms with Gasteiger partial charge in [0.15, 0.2) is 0 Å². The molecule has 3 heteroatoms. The number of benzene rings is 1. The fourth-order valence-corrected chi connectivity index (χ4v) is 1.62. The predicted molar refractivity (Wildman–Crippen MR) is 88.8 cm³/mol. The minimum Gasteiger partial charge on any atom is -0.478 e. The number of hydrogen-bond donors (Lipinski definition) is 1. The number of aliphatic carboxylic acids is 1. The van der Waals surface area contributed by atoms with Crippen LogP contribution < -0.4 is 0 Å². The zero-order valence-corrected chi connectivity index (χ0v) is 12.4. The topological polar surface area (TPSA) is 61.1 Å².